The van der Waals surface area contributed by atoms with Gasteiger partial charge in [-0.25, -0.2) is 9.97 Å². The van der Waals surface area contributed by atoms with Crippen LogP contribution in [-0.2, 0) is 0 Å². The van der Waals surface area contributed by atoms with Crippen LogP contribution in [0.5, 0.6) is 0 Å². The third-order valence-electron chi connectivity index (χ3n) is 9.53. The molecule has 0 aliphatic carbocycles. The maximum absolute atomic E-state index is 5.15. The van der Waals surface area contributed by atoms with E-state index >= 15 is 0 Å². The van der Waals surface area contributed by atoms with Gasteiger partial charge in [-0.05, 0) is 83.9 Å². The van der Waals surface area contributed by atoms with Gasteiger partial charge in [0.1, 0.15) is 0 Å². The third-order valence-corrected chi connectivity index (χ3v) is 11.9. The Balaban J connectivity index is 1.08. The van der Waals surface area contributed by atoms with E-state index in [-0.39, 0.29) is 0 Å². The van der Waals surface area contributed by atoms with E-state index in [1.807, 2.05) is 34.9 Å². The Kier molecular flexibility index (Phi) is 7.19. The van der Waals surface area contributed by atoms with E-state index in [1.165, 1.54) is 51.5 Å². The van der Waals surface area contributed by atoms with Crippen LogP contribution in [0.1, 0.15) is 0 Å². The molecular formula is C46H29N3S2. The average molecular weight is 688 g/mol. The minimum Gasteiger partial charge on any atom is -0.310 e. The van der Waals surface area contributed by atoms with E-state index in [0.717, 1.165) is 39.7 Å². The van der Waals surface area contributed by atoms with Gasteiger partial charge < -0.3 is 4.90 Å². The first-order chi connectivity index (χ1) is 25.3. The molecule has 0 amide bonds. The molecule has 3 heterocycles. The van der Waals surface area contributed by atoms with Crippen LogP contribution in [0, 0.1) is 0 Å². The zero-order chi connectivity index (χ0) is 33.7. The number of rotatable bonds is 6. The summed E-state index contributed by atoms with van der Waals surface area (Å²) in [6.45, 7) is 0. The highest BCUT2D eigenvalue weighted by molar-refractivity contribution is 7.26. The highest BCUT2D eigenvalue weighted by Crippen LogP contribution is 2.43. The summed E-state index contributed by atoms with van der Waals surface area (Å²) >= 11 is 3.65. The lowest BCUT2D eigenvalue weighted by atomic mass is 10.0. The summed E-state index contributed by atoms with van der Waals surface area (Å²) in [5.74, 6) is 0.728. The molecule has 0 fully saturated rings. The summed E-state index contributed by atoms with van der Waals surface area (Å²) in [7, 11) is 0. The summed E-state index contributed by atoms with van der Waals surface area (Å²) in [4.78, 5) is 12.3. The number of aromatic nitrogens is 2. The van der Waals surface area contributed by atoms with Crippen molar-refractivity contribution in [2.24, 2.45) is 0 Å². The number of benzene rings is 7. The fraction of sp³-hybridized carbons (Fsp3) is 0. The topological polar surface area (TPSA) is 29.0 Å². The SMILES string of the molecule is c1ccc(-c2cccc(N(c3ccccc3)c3ccc4sc5ccc(-c6nccc(-c7cccc8c7sc7ccccc78)n6)cc5c4c3)c2)cc1. The first-order valence-electron chi connectivity index (χ1n) is 17.0. The van der Waals surface area contributed by atoms with Crippen molar-refractivity contribution in [1.82, 2.24) is 9.97 Å². The molecule has 10 rings (SSSR count). The van der Waals surface area contributed by atoms with Crippen molar-refractivity contribution in [3.05, 3.63) is 176 Å². The Hall–Kier alpha value is -6.14. The van der Waals surface area contributed by atoms with E-state index in [0.29, 0.717) is 0 Å². The number of thiophene rings is 2. The predicted octanol–water partition coefficient (Wildman–Crippen LogP) is 13.7. The minimum atomic E-state index is 0.728. The van der Waals surface area contributed by atoms with Crippen molar-refractivity contribution in [3.8, 4) is 33.8 Å². The number of nitrogens with zero attached hydrogens (tertiary/aromatic N) is 3. The average Bonchev–Trinajstić information content (AvgIpc) is 3.77. The van der Waals surface area contributed by atoms with Gasteiger partial charge in [-0.15, -0.1) is 22.7 Å². The molecule has 0 atom stereocenters. The summed E-state index contributed by atoms with van der Waals surface area (Å²) in [6.07, 6.45) is 1.89. The van der Waals surface area contributed by atoms with E-state index in [2.05, 4.69) is 169 Å². The molecule has 0 radical (unpaired) electrons. The summed E-state index contributed by atoms with van der Waals surface area (Å²) in [5.41, 5.74) is 8.80. The minimum absolute atomic E-state index is 0.728. The third kappa shape index (κ3) is 5.26. The summed E-state index contributed by atoms with van der Waals surface area (Å²) in [5, 5.41) is 4.99. The van der Waals surface area contributed by atoms with Gasteiger partial charge in [0.05, 0.1) is 5.69 Å². The van der Waals surface area contributed by atoms with Gasteiger partial charge in [0, 0.05) is 74.7 Å². The van der Waals surface area contributed by atoms with Crippen LogP contribution in [0.15, 0.2) is 176 Å². The predicted molar refractivity (Wildman–Crippen MR) is 219 cm³/mol. The molecule has 0 aliphatic rings. The fourth-order valence-corrected chi connectivity index (χ4v) is 9.41. The first-order valence-corrected chi connectivity index (χ1v) is 18.6. The van der Waals surface area contributed by atoms with Crippen LogP contribution in [0.4, 0.5) is 17.1 Å². The summed E-state index contributed by atoms with van der Waals surface area (Å²) in [6, 6.07) is 60.6. The van der Waals surface area contributed by atoms with Crippen molar-refractivity contribution in [1.29, 1.82) is 0 Å². The molecule has 5 heteroatoms. The van der Waals surface area contributed by atoms with Crippen molar-refractivity contribution in [2.45, 2.75) is 0 Å². The molecule has 0 saturated carbocycles. The molecule has 3 nitrogen and oxygen atoms in total. The molecule has 0 unspecified atom stereocenters. The number of hydrogen-bond acceptors (Lipinski definition) is 5. The smallest absolute Gasteiger partial charge is 0.159 e. The van der Waals surface area contributed by atoms with Crippen LogP contribution in [0.25, 0.3) is 74.1 Å². The Morgan fingerprint density at radius 1 is 0.412 bits per heavy atom. The van der Waals surface area contributed by atoms with E-state index in [1.54, 1.807) is 0 Å². The highest BCUT2D eigenvalue weighted by Gasteiger charge is 2.17. The second kappa shape index (κ2) is 12.3. The molecular weight excluding hydrogens is 659 g/mol. The Bertz CT molecular complexity index is 2870. The van der Waals surface area contributed by atoms with E-state index < -0.39 is 0 Å². The zero-order valence-electron chi connectivity index (χ0n) is 27.4. The normalized spacial score (nSPS) is 11.5. The zero-order valence-corrected chi connectivity index (χ0v) is 29.0. The van der Waals surface area contributed by atoms with E-state index in [9.17, 15) is 0 Å². The van der Waals surface area contributed by atoms with Gasteiger partial charge in [0.2, 0.25) is 0 Å². The van der Waals surface area contributed by atoms with Crippen molar-refractivity contribution in [2.75, 3.05) is 4.90 Å². The number of fused-ring (bicyclic) bond motifs is 6. The lowest BCUT2D eigenvalue weighted by Gasteiger charge is -2.26. The molecule has 0 bridgehead atoms. The van der Waals surface area contributed by atoms with Crippen LogP contribution in [-0.4, -0.2) is 9.97 Å². The molecule has 0 spiro atoms. The largest absolute Gasteiger partial charge is 0.310 e. The van der Waals surface area contributed by atoms with Crippen LogP contribution >= 0.6 is 22.7 Å². The lowest BCUT2D eigenvalue weighted by Crippen LogP contribution is -2.09. The van der Waals surface area contributed by atoms with Crippen molar-refractivity contribution < 1.29 is 0 Å². The molecule has 7 aromatic carbocycles. The molecule has 0 aliphatic heterocycles. The van der Waals surface area contributed by atoms with Gasteiger partial charge in [-0.1, -0.05) is 97.1 Å². The van der Waals surface area contributed by atoms with Crippen molar-refractivity contribution >= 4 is 80.1 Å². The molecule has 51 heavy (non-hydrogen) atoms. The van der Waals surface area contributed by atoms with E-state index in [4.69, 9.17) is 9.97 Å². The maximum atomic E-state index is 5.15. The maximum Gasteiger partial charge on any atom is 0.159 e. The van der Waals surface area contributed by atoms with Crippen LogP contribution in [0.3, 0.4) is 0 Å². The molecule has 240 valence electrons. The van der Waals surface area contributed by atoms with Gasteiger partial charge in [-0.2, -0.15) is 0 Å². The second-order valence-electron chi connectivity index (χ2n) is 12.6. The van der Waals surface area contributed by atoms with Gasteiger partial charge >= 0.3 is 0 Å². The van der Waals surface area contributed by atoms with Gasteiger partial charge in [0.15, 0.2) is 5.82 Å². The Morgan fingerprint density at radius 2 is 1.08 bits per heavy atom. The van der Waals surface area contributed by atoms with Gasteiger partial charge in [-0.3, -0.25) is 0 Å². The molecule has 0 N–H and O–H groups in total. The number of anilines is 3. The van der Waals surface area contributed by atoms with Crippen LogP contribution < -0.4 is 4.90 Å². The Morgan fingerprint density at radius 3 is 1.96 bits per heavy atom. The number of para-hydroxylation sites is 1. The fourth-order valence-electron chi connectivity index (χ4n) is 7.12. The summed E-state index contributed by atoms with van der Waals surface area (Å²) < 4.78 is 5.04. The highest BCUT2D eigenvalue weighted by atomic mass is 32.1. The van der Waals surface area contributed by atoms with Crippen molar-refractivity contribution in [3.63, 3.8) is 0 Å². The number of hydrogen-bond donors (Lipinski definition) is 0. The Labute approximate surface area is 303 Å². The molecule has 10 aromatic rings. The van der Waals surface area contributed by atoms with Gasteiger partial charge in [0.25, 0.3) is 0 Å². The molecule has 0 saturated heterocycles. The van der Waals surface area contributed by atoms with Crippen LogP contribution in [0.2, 0.25) is 0 Å². The lowest BCUT2D eigenvalue weighted by molar-refractivity contribution is 1.18. The standard InChI is InChI=1S/C46H29N3S2/c1-3-11-30(12-4-1)31-13-9-16-34(27-31)49(33-14-5-2-6-15-33)35-22-24-44-40(29-35)39-28-32(21-23-43(39)50-44)46-47-26-25-41(48-46)38-19-10-18-37-36-17-7-8-20-42(36)51-45(37)38/h1-29H. The quantitative estimate of drug-likeness (QED) is 0.174. The monoisotopic (exact) mass is 687 g/mol. The molecule has 3 aromatic heterocycles. The second-order valence-corrected chi connectivity index (χ2v) is 14.8. The first kappa shape index (κ1) is 29.7.